The summed E-state index contributed by atoms with van der Waals surface area (Å²) in [5.41, 5.74) is 6.25. The van der Waals surface area contributed by atoms with Crippen LogP contribution in [0.1, 0.15) is 6.23 Å². The summed E-state index contributed by atoms with van der Waals surface area (Å²) in [6.07, 6.45) is -2.49. The zero-order chi connectivity index (χ0) is 27.7. The lowest BCUT2D eigenvalue weighted by Gasteiger charge is -2.16. The summed E-state index contributed by atoms with van der Waals surface area (Å²) in [6.45, 7) is -0.594. The number of hydrogen-bond acceptors (Lipinski definition) is 14. The Bertz CT molecular complexity index is 1230. The molecule has 1 aliphatic rings. The average molecular weight is 605 g/mol. The SMILES string of the molecule is Nc1ncnc2c1ncn2[C@@H]1O[C@H](COP(=O)(O)O)[C@@H](O)[C@H]1O.O=P(O)(O)OP(=O)(O)OP(=O)(O)O. The summed E-state index contributed by atoms with van der Waals surface area (Å²) < 4.78 is 58.2. The maximum Gasteiger partial charge on any atom is 0.490 e. The van der Waals surface area contributed by atoms with Gasteiger partial charge < -0.3 is 54.9 Å². The monoisotopic (exact) mass is 605 g/mol. The third-order valence-corrected chi connectivity index (χ3v) is 7.66. The first kappa shape index (κ1) is 31.0. The van der Waals surface area contributed by atoms with Crippen LogP contribution in [0.25, 0.3) is 11.2 Å². The number of nitrogen functional groups attached to an aromatic ring is 1. The zero-order valence-electron chi connectivity index (χ0n) is 17.1. The normalized spacial score (nSPS) is 23.5. The summed E-state index contributed by atoms with van der Waals surface area (Å²) in [7, 11) is -20.9. The predicted octanol–water partition coefficient (Wildman–Crippen LogP) is -2.56. The molecule has 1 saturated heterocycles. The first-order chi connectivity index (χ1) is 16.2. The molecule has 0 bridgehead atoms. The number of rotatable bonds is 8. The molecule has 22 nitrogen and oxygen atoms in total. The standard InChI is InChI=1S/C10H14N5O7P.H5O10P3/c11-8-5-9(13-2-12-8)15(3-14-5)10-7(17)6(16)4(22-10)1-21-23(18,19)20;1-11(2,3)9-13(7,8)10-12(4,5)6/h2-4,6-7,10,16-17H,1H2,(H2,11,12,13)(H2,18,19,20);(H,7,8)(H2,1,2,3)(H2,4,5,6)/t4-,6-,7-,10-;/m1./s1. The van der Waals surface area contributed by atoms with Crippen LogP contribution in [0.4, 0.5) is 5.82 Å². The maximum absolute atomic E-state index is 10.7. The van der Waals surface area contributed by atoms with E-state index in [1.54, 1.807) is 0 Å². The van der Waals surface area contributed by atoms with Gasteiger partial charge >= 0.3 is 31.3 Å². The molecule has 1 fully saturated rings. The summed E-state index contributed by atoms with van der Waals surface area (Å²) >= 11 is 0. The highest BCUT2D eigenvalue weighted by Gasteiger charge is 2.45. The third-order valence-electron chi connectivity index (χ3n) is 3.82. The molecule has 4 atom stereocenters. The first-order valence-electron chi connectivity index (χ1n) is 8.70. The Kier molecular flexibility index (Phi) is 9.67. The van der Waals surface area contributed by atoms with Crippen molar-refractivity contribution in [2.45, 2.75) is 24.5 Å². The van der Waals surface area contributed by atoms with E-state index in [0.717, 1.165) is 0 Å². The van der Waals surface area contributed by atoms with Crippen LogP contribution < -0.4 is 5.73 Å². The molecular weight excluding hydrogens is 586 g/mol. The first-order valence-corrected chi connectivity index (χ1v) is 14.8. The number of aromatic nitrogens is 4. The molecule has 0 aliphatic carbocycles. The van der Waals surface area contributed by atoms with E-state index in [4.69, 9.17) is 44.7 Å². The summed E-state index contributed by atoms with van der Waals surface area (Å²) in [6, 6.07) is 0. The highest BCUT2D eigenvalue weighted by molar-refractivity contribution is 7.66. The average Bonchev–Trinajstić information content (AvgIpc) is 3.19. The summed E-state index contributed by atoms with van der Waals surface area (Å²) in [4.78, 5) is 69.4. The van der Waals surface area contributed by atoms with Crippen molar-refractivity contribution < 1.29 is 80.6 Å². The molecule has 0 unspecified atom stereocenters. The minimum absolute atomic E-state index is 0.142. The van der Waals surface area contributed by atoms with Gasteiger partial charge in [0.1, 0.15) is 30.2 Å². The van der Waals surface area contributed by atoms with E-state index < -0.39 is 62.4 Å². The fourth-order valence-electron chi connectivity index (χ4n) is 2.61. The van der Waals surface area contributed by atoms with Crippen LogP contribution in [0, 0.1) is 0 Å². The van der Waals surface area contributed by atoms with Gasteiger partial charge in [0, 0.05) is 0 Å². The van der Waals surface area contributed by atoms with Crippen LogP contribution in [0.3, 0.4) is 0 Å². The molecule has 3 heterocycles. The van der Waals surface area contributed by atoms with Gasteiger partial charge in [0.15, 0.2) is 17.7 Å². The molecule has 0 aromatic carbocycles. The molecule has 0 amide bonds. The Balaban J connectivity index is 0.000000302. The second kappa shape index (κ2) is 11.2. The second-order valence-corrected chi connectivity index (χ2v) is 12.0. The molecule has 2 aromatic rings. The second-order valence-electron chi connectivity index (χ2n) is 6.53. The molecule has 0 spiro atoms. The molecular formula is C10H19N5O17P4. The van der Waals surface area contributed by atoms with Gasteiger partial charge in [-0.05, 0) is 0 Å². The van der Waals surface area contributed by atoms with E-state index in [1.807, 2.05) is 0 Å². The number of phosphoric ester groups is 1. The van der Waals surface area contributed by atoms with E-state index in [0.29, 0.717) is 5.52 Å². The van der Waals surface area contributed by atoms with Crippen molar-refractivity contribution >= 4 is 48.3 Å². The van der Waals surface area contributed by atoms with Crippen LogP contribution in [-0.4, -0.2) is 88.9 Å². The highest BCUT2D eigenvalue weighted by Crippen LogP contribution is 2.64. The van der Waals surface area contributed by atoms with Gasteiger partial charge in [0.25, 0.3) is 0 Å². The van der Waals surface area contributed by atoms with Crippen molar-refractivity contribution in [3.8, 4) is 0 Å². The molecule has 11 N–H and O–H groups in total. The molecule has 206 valence electrons. The molecule has 1 aliphatic heterocycles. The van der Waals surface area contributed by atoms with Crippen LogP contribution in [-0.2, 0) is 36.1 Å². The highest BCUT2D eigenvalue weighted by atomic mass is 31.3. The Labute approximate surface area is 198 Å². The van der Waals surface area contributed by atoms with Crippen LogP contribution in [0.15, 0.2) is 12.7 Å². The predicted molar refractivity (Wildman–Crippen MR) is 110 cm³/mol. The number of imidazole rings is 1. The van der Waals surface area contributed by atoms with E-state index in [9.17, 15) is 28.5 Å². The zero-order valence-corrected chi connectivity index (χ0v) is 20.7. The quantitative estimate of drug-likeness (QED) is 0.138. The molecule has 36 heavy (non-hydrogen) atoms. The fraction of sp³-hybridized carbons (Fsp3) is 0.500. The number of nitrogens with two attached hydrogens (primary N) is 1. The van der Waals surface area contributed by atoms with Crippen molar-refractivity contribution in [3.05, 3.63) is 12.7 Å². The minimum Gasteiger partial charge on any atom is -0.387 e. The number of aliphatic hydroxyl groups excluding tert-OH is 2. The number of fused-ring (bicyclic) bond motifs is 1. The molecule has 3 rings (SSSR count). The van der Waals surface area contributed by atoms with Gasteiger partial charge in [-0.25, -0.2) is 33.2 Å². The van der Waals surface area contributed by atoms with Gasteiger partial charge in [-0.2, -0.15) is 8.62 Å². The molecule has 0 saturated carbocycles. The Hall–Kier alpha value is -1.25. The number of aliphatic hydroxyl groups is 2. The van der Waals surface area contributed by atoms with Gasteiger partial charge in [-0.15, -0.1) is 0 Å². The van der Waals surface area contributed by atoms with Gasteiger partial charge in [0.05, 0.1) is 12.9 Å². The van der Waals surface area contributed by atoms with Crippen molar-refractivity contribution in [1.29, 1.82) is 0 Å². The van der Waals surface area contributed by atoms with Crippen molar-refractivity contribution in [2.75, 3.05) is 12.3 Å². The summed E-state index contributed by atoms with van der Waals surface area (Å²) in [5.74, 6) is 0.142. The fourth-order valence-corrected chi connectivity index (χ4v) is 5.49. The van der Waals surface area contributed by atoms with E-state index in [1.165, 1.54) is 17.2 Å². The number of phosphoric acid groups is 4. The maximum atomic E-state index is 10.7. The lowest BCUT2D eigenvalue weighted by molar-refractivity contribution is -0.0504. The molecule has 2 aromatic heterocycles. The number of ether oxygens (including phenoxy) is 1. The van der Waals surface area contributed by atoms with E-state index in [2.05, 4.69) is 28.1 Å². The van der Waals surface area contributed by atoms with Crippen LogP contribution >= 0.6 is 31.3 Å². The van der Waals surface area contributed by atoms with Crippen molar-refractivity contribution in [1.82, 2.24) is 19.5 Å². The smallest absolute Gasteiger partial charge is 0.387 e. The van der Waals surface area contributed by atoms with E-state index in [-0.39, 0.29) is 11.5 Å². The summed E-state index contributed by atoms with van der Waals surface area (Å²) in [5, 5.41) is 20.1. The third kappa shape index (κ3) is 9.25. The van der Waals surface area contributed by atoms with Gasteiger partial charge in [-0.3, -0.25) is 9.09 Å². The lowest BCUT2D eigenvalue weighted by atomic mass is 10.1. The Morgan fingerprint density at radius 1 is 0.889 bits per heavy atom. The van der Waals surface area contributed by atoms with Crippen molar-refractivity contribution in [2.24, 2.45) is 0 Å². The van der Waals surface area contributed by atoms with E-state index >= 15 is 0 Å². The topological polar surface area (TPSA) is 357 Å². The van der Waals surface area contributed by atoms with Gasteiger partial charge in [0.2, 0.25) is 0 Å². The largest absolute Gasteiger partial charge is 0.490 e. The van der Waals surface area contributed by atoms with Crippen LogP contribution in [0.5, 0.6) is 0 Å². The Morgan fingerprint density at radius 3 is 1.94 bits per heavy atom. The molecule has 26 heteroatoms. The molecule has 0 radical (unpaired) electrons. The van der Waals surface area contributed by atoms with Gasteiger partial charge in [-0.1, -0.05) is 0 Å². The number of anilines is 1. The number of hydrogen-bond donors (Lipinski definition) is 10. The van der Waals surface area contributed by atoms with Crippen LogP contribution in [0.2, 0.25) is 0 Å². The lowest BCUT2D eigenvalue weighted by Crippen LogP contribution is -2.33. The minimum atomic E-state index is -5.46. The van der Waals surface area contributed by atoms with Crippen molar-refractivity contribution in [3.63, 3.8) is 0 Å². The Morgan fingerprint density at radius 2 is 1.44 bits per heavy atom. The number of nitrogens with zero attached hydrogens (tertiary/aromatic N) is 4.